The first-order chi connectivity index (χ1) is 23.3. The molecule has 2 heterocycles. The Morgan fingerprint density at radius 1 is 0.532 bits per heavy atom. The molecule has 9 rings (SSSR count). The fraction of sp³-hybridized carbons (Fsp3) is 0.0455. The van der Waals surface area contributed by atoms with Crippen LogP contribution in [0.25, 0.3) is 77.7 Å². The highest BCUT2D eigenvalue weighted by Crippen LogP contribution is 2.43. The van der Waals surface area contributed by atoms with Crippen LogP contribution in [-0.2, 0) is 0 Å². The van der Waals surface area contributed by atoms with Crippen molar-refractivity contribution in [3.63, 3.8) is 0 Å². The molecule has 0 saturated carbocycles. The molecule has 0 bridgehead atoms. The van der Waals surface area contributed by atoms with Gasteiger partial charge in [-0.05, 0) is 52.8 Å². The van der Waals surface area contributed by atoms with Gasteiger partial charge in [0.15, 0.2) is 5.82 Å². The number of hydrogen-bond donors (Lipinski definition) is 0. The van der Waals surface area contributed by atoms with Crippen LogP contribution in [0.5, 0.6) is 0 Å². The van der Waals surface area contributed by atoms with E-state index in [9.17, 15) is 0 Å². The van der Waals surface area contributed by atoms with E-state index in [1.807, 2.05) is 36.4 Å². The fourth-order valence-corrected chi connectivity index (χ4v) is 6.95. The maximum atomic E-state index is 6.63. The molecule has 0 fully saturated rings. The van der Waals surface area contributed by atoms with Crippen molar-refractivity contribution in [1.82, 2.24) is 9.97 Å². The van der Waals surface area contributed by atoms with Gasteiger partial charge in [0.25, 0.3) is 0 Å². The van der Waals surface area contributed by atoms with Crippen molar-refractivity contribution < 1.29 is 4.42 Å². The van der Waals surface area contributed by atoms with E-state index < -0.39 is 0 Å². The van der Waals surface area contributed by atoms with Crippen LogP contribution in [0.3, 0.4) is 0 Å². The third kappa shape index (κ3) is 4.84. The Kier molecular flexibility index (Phi) is 6.60. The maximum Gasteiger partial charge on any atom is 0.160 e. The monoisotopic (exact) mass is 602 g/mol. The second-order valence-electron chi connectivity index (χ2n) is 12.1. The summed E-state index contributed by atoms with van der Waals surface area (Å²) in [7, 11) is 0. The average molecular weight is 603 g/mol. The van der Waals surface area contributed by atoms with Crippen LogP contribution in [0.2, 0.25) is 0 Å². The molecule has 0 saturated heterocycles. The lowest BCUT2D eigenvalue weighted by Crippen LogP contribution is -1.97. The number of furan rings is 1. The van der Waals surface area contributed by atoms with Crippen LogP contribution in [0.4, 0.5) is 0 Å². The lowest BCUT2D eigenvalue weighted by molar-refractivity contribution is 0.672. The SMILES string of the molecule is C1=CCC(c2cccc3oc4c5ccccc5c(-c5cccc(-c6cc(-c7ccccc7)nc(-c7ccccc7)n6)c5)cc4c23)C=C1. The molecule has 0 radical (unpaired) electrons. The van der Waals surface area contributed by atoms with Crippen molar-refractivity contribution in [2.24, 2.45) is 0 Å². The van der Waals surface area contributed by atoms with Crippen molar-refractivity contribution in [2.75, 3.05) is 0 Å². The number of nitrogens with zero attached hydrogens (tertiary/aromatic N) is 2. The Labute approximate surface area is 273 Å². The van der Waals surface area contributed by atoms with E-state index in [-0.39, 0.29) is 0 Å². The summed E-state index contributed by atoms with van der Waals surface area (Å²) in [5, 5.41) is 4.63. The van der Waals surface area contributed by atoms with Gasteiger partial charge in [-0.2, -0.15) is 0 Å². The van der Waals surface area contributed by atoms with Gasteiger partial charge in [-0.15, -0.1) is 0 Å². The molecule has 1 aliphatic carbocycles. The summed E-state index contributed by atoms with van der Waals surface area (Å²) >= 11 is 0. The third-order valence-corrected chi connectivity index (χ3v) is 9.21. The molecular weight excluding hydrogens is 572 g/mol. The molecule has 0 aliphatic heterocycles. The summed E-state index contributed by atoms with van der Waals surface area (Å²) in [6.45, 7) is 0. The molecule has 3 nitrogen and oxygen atoms in total. The summed E-state index contributed by atoms with van der Waals surface area (Å²) in [4.78, 5) is 10.1. The van der Waals surface area contributed by atoms with Crippen LogP contribution in [-0.4, -0.2) is 9.97 Å². The number of benzene rings is 6. The Morgan fingerprint density at radius 2 is 1.21 bits per heavy atom. The first-order valence-electron chi connectivity index (χ1n) is 16.1. The minimum Gasteiger partial charge on any atom is -0.455 e. The molecule has 1 atom stereocenters. The molecule has 8 aromatic rings. The molecule has 47 heavy (non-hydrogen) atoms. The van der Waals surface area contributed by atoms with Gasteiger partial charge in [-0.1, -0.05) is 140 Å². The second kappa shape index (κ2) is 11.4. The largest absolute Gasteiger partial charge is 0.455 e. The zero-order valence-corrected chi connectivity index (χ0v) is 25.7. The molecule has 0 N–H and O–H groups in total. The molecule has 2 aromatic heterocycles. The second-order valence-corrected chi connectivity index (χ2v) is 12.1. The van der Waals surface area contributed by atoms with Crippen LogP contribution in [0.15, 0.2) is 168 Å². The van der Waals surface area contributed by atoms with E-state index in [1.165, 1.54) is 16.5 Å². The van der Waals surface area contributed by atoms with E-state index in [0.717, 1.165) is 67.4 Å². The highest BCUT2D eigenvalue weighted by molar-refractivity contribution is 6.20. The van der Waals surface area contributed by atoms with Gasteiger partial charge >= 0.3 is 0 Å². The number of hydrogen-bond acceptors (Lipinski definition) is 3. The van der Waals surface area contributed by atoms with Crippen LogP contribution in [0.1, 0.15) is 17.9 Å². The predicted molar refractivity (Wildman–Crippen MR) is 194 cm³/mol. The molecule has 1 aliphatic rings. The number of aromatic nitrogens is 2. The summed E-state index contributed by atoms with van der Waals surface area (Å²) in [5.41, 5.74) is 10.4. The summed E-state index contributed by atoms with van der Waals surface area (Å²) in [6, 6.07) is 48.8. The number of allylic oxidation sites excluding steroid dienone is 4. The topological polar surface area (TPSA) is 38.9 Å². The van der Waals surface area contributed by atoms with Gasteiger partial charge in [0.05, 0.1) is 11.4 Å². The van der Waals surface area contributed by atoms with Crippen LogP contribution >= 0.6 is 0 Å². The normalized spacial score (nSPS) is 14.3. The smallest absolute Gasteiger partial charge is 0.160 e. The van der Waals surface area contributed by atoms with E-state index in [1.54, 1.807) is 0 Å². The Hall–Kier alpha value is -6.06. The van der Waals surface area contributed by atoms with Crippen LogP contribution in [0, 0.1) is 0 Å². The molecule has 0 spiro atoms. The van der Waals surface area contributed by atoms with Gasteiger partial charge in [-0.3, -0.25) is 0 Å². The van der Waals surface area contributed by atoms with Crippen molar-refractivity contribution in [2.45, 2.75) is 12.3 Å². The van der Waals surface area contributed by atoms with Crippen molar-refractivity contribution in [1.29, 1.82) is 0 Å². The van der Waals surface area contributed by atoms with Crippen molar-refractivity contribution in [3.05, 3.63) is 169 Å². The summed E-state index contributed by atoms with van der Waals surface area (Å²) < 4.78 is 6.63. The third-order valence-electron chi connectivity index (χ3n) is 9.21. The van der Waals surface area contributed by atoms with E-state index in [0.29, 0.717) is 11.7 Å². The van der Waals surface area contributed by atoms with Gasteiger partial charge in [0.1, 0.15) is 11.2 Å². The summed E-state index contributed by atoms with van der Waals surface area (Å²) in [5.74, 6) is 1.03. The Morgan fingerprint density at radius 3 is 2.00 bits per heavy atom. The zero-order valence-electron chi connectivity index (χ0n) is 25.7. The predicted octanol–water partition coefficient (Wildman–Crippen LogP) is 11.8. The highest BCUT2D eigenvalue weighted by Gasteiger charge is 2.20. The first kappa shape index (κ1) is 27.3. The maximum absolute atomic E-state index is 6.63. The zero-order chi connectivity index (χ0) is 31.2. The fourth-order valence-electron chi connectivity index (χ4n) is 6.95. The van der Waals surface area contributed by atoms with Crippen molar-refractivity contribution in [3.8, 4) is 45.0 Å². The van der Waals surface area contributed by atoms with E-state index in [4.69, 9.17) is 14.4 Å². The lowest BCUT2D eigenvalue weighted by Gasteiger charge is -2.15. The van der Waals surface area contributed by atoms with Gasteiger partial charge in [-0.25, -0.2) is 9.97 Å². The summed E-state index contributed by atoms with van der Waals surface area (Å²) in [6.07, 6.45) is 9.82. The number of rotatable bonds is 5. The van der Waals surface area contributed by atoms with Gasteiger partial charge < -0.3 is 4.42 Å². The molecule has 6 aromatic carbocycles. The van der Waals surface area contributed by atoms with Gasteiger partial charge in [0.2, 0.25) is 0 Å². The number of fused-ring (bicyclic) bond motifs is 5. The van der Waals surface area contributed by atoms with Crippen molar-refractivity contribution >= 4 is 32.7 Å². The van der Waals surface area contributed by atoms with E-state index >= 15 is 0 Å². The van der Waals surface area contributed by atoms with Crippen LogP contribution < -0.4 is 0 Å². The Balaban J connectivity index is 1.25. The van der Waals surface area contributed by atoms with Gasteiger partial charge in [0, 0.05) is 38.8 Å². The Bertz CT molecular complexity index is 2430. The lowest BCUT2D eigenvalue weighted by atomic mass is 9.88. The minimum absolute atomic E-state index is 0.318. The molecule has 0 amide bonds. The van der Waals surface area contributed by atoms with E-state index in [2.05, 4.69) is 127 Å². The highest BCUT2D eigenvalue weighted by atomic mass is 16.3. The molecule has 1 unspecified atom stereocenters. The first-order valence-corrected chi connectivity index (χ1v) is 16.1. The minimum atomic E-state index is 0.318. The molecule has 3 heteroatoms. The standard InChI is InChI=1S/C44H30N2O/c1-4-14-29(15-5-1)34-24-13-25-41-42(34)38-27-37(35-22-10-11-23-36(35)43(38)47-41)32-20-12-21-33(26-32)40-28-39(30-16-6-2-7-17-30)45-44(46-40)31-18-8-3-9-19-31/h1-14,16-29H,15H2. The average Bonchev–Trinajstić information content (AvgIpc) is 3.55. The molecular formula is C44H30N2O. The quantitative estimate of drug-likeness (QED) is 0.197. The molecule has 222 valence electrons.